The Morgan fingerprint density at radius 1 is 1.60 bits per heavy atom. The van der Waals surface area contributed by atoms with Gasteiger partial charge in [0.1, 0.15) is 0 Å². The SMILES string of the molecule is Nc1cnccc1NCC(=O)NC1CC1. The van der Waals surface area contributed by atoms with Gasteiger partial charge >= 0.3 is 0 Å². The van der Waals surface area contributed by atoms with Gasteiger partial charge in [-0.05, 0) is 18.9 Å². The van der Waals surface area contributed by atoms with Crippen LogP contribution in [0, 0.1) is 0 Å². The average molecular weight is 206 g/mol. The molecular weight excluding hydrogens is 192 g/mol. The van der Waals surface area contributed by atoms with Crippen molar-refractivity contribution in [1.82, 2.24) is 10.3 Å². The minimum atomic E-state index is 0.00807. The fraction of sp³-hybridized carbons (Fsp3) is 0.400. The van der Waals surface area contributed by atoms with Gasteiger partial charge in [-0.3, -0.25) is 9.78 Å². The molecule has 1 aromatic rings. The molecule has 5 nitrogen and oxygen atoms in total. The van der Waals surface area contributed by atoms with E-state index in [0.29, 0.717) is 11.7 Å². The molecule has 0 unspecified atom stereocenters. The zero-order valence-corrected chi connectivity index (χ0v) is 8.36. The first-order valence-corrected chi connectivity index (χ1v) is 4.98. The van der Waals surface area contributed by atoms with Crippen LogP contribution in [0.25, 0.3) is 0 Å². The summed E-state index contributed by atoms with van der Waals surface area (Å²) in [5.41, 5.74) is 6.96. The minimum Gasteiger partial charge on any atom is -0.396 e. The summed E-state index contributed by atoms with van der Waals surface area (Å²) in [6.07, 6.45) is 5.39. The van der Waals surface area contributed by atoms with E-state index < -0.39 is 0 Å². The number of nitrogens with one attached hydrogen (secondary N) is 2. The summed E-state index contributed by atoms with van der Waals surface area (Å²) in [6.45, 7) is 0.255. The molecule has 4 N–H and O–H groups in total. The average Bonchev–Trinajstić information content (AvgIpc) is 3.00. The third kappa shape index (κ3) is 2.83. The van der Waals surface area contributed by atoms with Crippen LogP contribution in [0.15, 0.2) is 18.5 Å². The first kappa shape index (κ1) is 9.76. The highest BCUT2D eigenvalue weighted by Gasteiger charge is 2.22. The van der Waals surface area contributed by atoms with E-state index in [2.05, 4.69) is 15.6 Å². The van der Waals surface area contributed by atoms with Crippen molar-refractivity contribution in [3.05, 3.63) is 18.5 Å². The Morgan fingerprint density at radius 2 is 2.40 bits per heavy atom. The predicted molar refractivity (Wildman–Crippen MR) is 58.3 cm³/mol. The minimum absolute atomic E-state index is 0.00807. The molecule has 1 fully saturated rings. The highest BCUT2D eigenvalue weighted by atomic mass is 16.2. The molecule has 5 heteroatoms. The van der Waals surface area contributed by atoms with Crippen molar-refractivity contribution in [3.63, 3.8) is 0 Å². The maximum atomic E-state index is 11.3. The van der Waals surface area contributed by atoms with E-state index >= 15 is 0 Å². The summed E-state index contributed by atoms with van der Waals surface area (Å²) in [5, 5.41) is 5.85. The van der Waals surface area contributed by atoms with Crippen LogP contribution in [0.3, 0.4) is 0 Å². The quantitative estimate of drug-likeness (QED) is 0.664. The Kier molecular flexibility index (Phi) is 2.71. The van der Waals surface area contributed by atoms with Crippen LogP contribution in [0.1, 0.15) is 12.8 Å². The van der Waals surface area contributed by atoms with Crippen LogP contribution in [0.5, 0.6) is 0 Å². The van der Waals surface area contributed by atoms with Crippen molar-refractivity contribution in [2.75, 3.05) is 17.6 Å². The Bertz CT molecular complexity index is 362. The third-order valence-corrected chi connectivity index (χ3v) is 2.23. The first-order valence-electron chi connectivity index (χ1n) is 4.98. The van der Waals surface area contributed by atoms with Crippen LogP contribution >= 0.6 is 0 Å². The Balaban J connectivity index is 1.81. The molecule has 1 heterocycles. The second-order valence-corrected chi connectivity index (χ2v) is 3.66. The summed E-state index contributed by atoms with van der Waals surface area (Å²) in [5.74, 6) is 0.00807. The number of aromatic nitrogens is 1. The summed E-state index contributed by atoms with van der Waals surface area (Å²) in [6, 6.07) is 2.15. The van der Waals surface area contributed by atoms with Gasteiger partial charge in [-0.2, -0.15) is 0 Å². The van der Waals surface area contributed by atoms with Gasteiger partial charge in [0.05, 0.1) is 24.1 Å². The van der Waals surface area contributed by atoms with E-state index in [-0.39, 0.29) is 12.5 Å². The molecule has 0 spiro atoms. The molecule has 0 aliphatic heterocycles. The molecule has 0 saturated heterocycles. The molecule has 15 heavy (non-hydrogen) atoms. The van der Waals surface area contributed by atoms with E-state index in [4.69, 9.17) is 5.73 Å². The number of rotatable bonds is 4. The molecule has 0 aromatic carbocycles. The lowest BCUT2D eigenvalue weighted by molar-refractivity contribution is -0.119. The number of nitrogens with zero attached hydrogens (tertiary/aromatic N) is 1. The van der Waals surface area contributed by atoms with Crippen LogP contribution in [0.4, 0.5) is 11.4 Å². The number of amides is 1. The number of hydrogen-bond acceptors (Lipinski definition) is 4. The van der Waals surface area contributed by atoms with Crippen molar-refractivity contribution < 1.29 is 4.79 Å². The molecule has 0 atom stereocenters. The zero-order valence-electron chi connectivity index (χ0n) is 8.36. The highest BCUT2D eigenvalue weighted by molar-refractivity contribution is 5.82. The van der Waals surface area contributed by atoms with Gasteiger partial charge in [-0.1, -0.05) is 0 Å². The van der Waals surface area contributed by atoms with Crippen molar-refractivity contribution in [2.45, 2.75) is 18.9 Å². The maximum Gasteiger partial charge on any atom is 0.239 e. The van der Waals surface area contributed by atoms with Crippen molar-refractivity contribution in [2.24, 2.45) is 0 Å². The van der Waals surface area contributed by atoms with Crippen LogP contribution in [0.2, 0.25) is 0 Å². The summed E-state index contributed by atoms with van der Waals surface area (Å²) >= 11 is 0. The molecule has 80 valence electrons. The summed E-state index contributed by atoms with van der Waals surface area (Å²) in [4.78, 5) is 15.2. The number of carbonyl (C=O) groups excluding carboxylic acids is 1. The van der Waals surface area contributed by atoms with Gasteiger partial charge in [0.15, 0.2) is 0 Å². The second-order valence-electron chi connectivity index (χ2n) is 3.66. The third-order valence-electron chi connectivity index (χ3n) is 2.23. The van der Waals surface area contributed by atoms with Gasteiger partial charge in [0.2, 0.25) is 5.91 Å². The Labute approximate surface area is 88.1 Å². The van der Waals surface area contributed by atoms with E-state index in [1.807, 2.05) is 0 Å². The molecule has 1 aliphatic rings. The lowest BCUT2D eigenvalue weighted by Crippen LogP contribution is -2.31. The number of nitrogen functional groups attached to an aromatic ring is 1. The van der Waals surface area contributed by atoms with Crippen LogP contribution in [-0.4, -0.2) is 23.5 Å². The van der Waals surface area contributed by atoms with Gasteiger partial charge in [-0.15, -0.1) is 0 Å². The highest BCUT2D eigenvalue weighted by Crippen LogP contribution is 2.18. The van der Waals surface area contributed by atoms with Crippen LogP contribution < -0.4 is 16.4 Å². The van der Waals surface area contributed by atoms with Crippen molar-refractivity contribution in [1.29, 1.82) is 0 Å². The van der Waals surface area contributed by atoms with Crippen LogP contribution in [-0.2, 0) is 4.79 Å². The molecule has 0 bridgehead atoms. The smallest absolute Gasteiger partial charge is 0.239 e. The largest absolute Gasteiger partial charge is 0.396 e. The molecule has 0 radical (unpaired) electrons. The second kappa shape index (κ2) is 4.16. The predicted octanol–water partition coefficient (Wildman–Crippen LogP) is 0.354. The zero-order chi connectivity index (χ0) is 10.7. The van der Waals surface area contributed by atoms with E-state index in [1.165, 1.54) is 0 Å². The molecular formula is C10H14N4O. The Morgan fingerprint density at radius 3 is 3.07 bits per heavy atom. The van der Waals surface area contributed by atoms with Gasteiger partial charge < -0.3 is 16.4 Å². The molecule has 1 aliphatic carbocycles. The fourth-order valence-electron chi connectivity index (χ4n) is 1.25. The van der Waals surface area contributed by atoms with E-state index in [0.717, 1.165) is 18.5 Å². The van der Waals surface area contributed by atoms with E-state index in [9.17, 15) is 4.79 Å². The van der Waals surface area contributed by atoms with Gasteiger partial charge in [-0.25, -0.2) is 0 Å². The number of anilines is 2. The van der Waals surface area contributed by atoms with E-state index in [1.54, 1.807) is 18.5 Å². The molecule has 2 rings (SSSR count). The number of carbonyl (C=O) groups is 1. The lowest BCUT2D eigenvalue weighted by atomic mass is 10.3. The summed E-state index contributed by atoms with van der Waals surface area (Å²) < 4.78 is 0. The maximum absolute atomic E-state index is 11.3. The molecule has 1 amide bonds. The van der Waals surface area contributed by atoms with Gasteiger partial charge in [0.25, 0.3) is 0 Å². The summed E-state index contributed by atoms with van der Waals surface area (Å²) in [7, 11) is 0. The number of nitrogens with two attached hydrogens (primary N) is 1. The first-order chi connectivity index (χ1) is 7.25. The molecule has 1 aromatic heterocycles. The normalized spacial score (nSPS) is 14.7. The number of hydrogen-bond donors (Lipinski definition) is 3. The monoisotopic (exact) mass is 206 g/mol. The Hall–Kier alpha value is -1.78. The number of pyridine rings is 1. The lowest BCUT2D eigenvalue weighted by Gasteiger charge is -2.08. The molecule has 1 saturated carbocycles. The van der Waals surface area contributed by atoms with Gasteiger partial charge in [0, 0.05) is 12.2 Å². The van der Waals surface area contributed by atoms with Crippen molar-refractivity contribution >= 4 is 17.3 Å². The fourth-order valence-corrected chi connectivity index (χ4v) is 1.25. The standard InChI is InChI=1S/C10H14N4O/c11-8-5-12-4-3-9(8)13-6-10(15)14-7-1-2-7/h3-5,7H,1-2,6,11H2,(H,12,13)(H,14,15). The van der Waals surface area contributed by atoms with Crippen molar-refractivity contribution in [3.8, 4) is 0 Å². The topological polar surface area (TPSA) is 80.0 Å².